The van der Waals surface area contributed by atoms with E-state index in [0.29, 0.717) is 5.56 Å². The molecule has 1 unspecified atom stereocenters. The molecule has 2 rings (SSSR count). The van der Waals surface area contributed by atoms with E-state index in [0.717, 1.165) is 19.3 Å². The Morgan fingerprint density at radius 3 is 2.72 bits per heavy atom. The number of carbonyl (C=O) groups excluding carboxylic acids is 1. The van der Waals surface area contributed by atoms with Crippen molar-refractivity contribution in [1.82, 2.24) is 0 Å². The van der Waals surface area contributed by atoms with Gasteiger partial charge in [-0.05, 0) is 63.3 Å². The summed E-state index contributed by atoms with van der Waals surface area (Å²) < 4.78 is 5.37. The molecule has 0 spiro atoms. The topological polar surface area (TPSA) is 52.3 Å². The van der Waals surface area contributed by atoms with Gasteiger partial charge in [-0.25, -0.2) is 4.79 Å². The third kappa shape index (κ3) is 3.10. The van der Waals surface area contributed by atoms with Gasteiger partial charge in [0.15, 0.2) is 0 Å². The molecule has 0 radical (unpaired) electrons. The van der Waals surface area contributed by atoms with Gasteiger partial charge in [0.2, 0.25) is 0 Å². The maximum Gasteiger partial charge on any atom is 0.338 e. The van der Waals surface area contributed by atoms with Gasteiger partial charge in [-0.15, -0.1) is 0 Å². The first-order chi connectivity index (χ1) is 8.35. The molecule has 3 nitrogen and oxygen atoms in total. The molecule has 1 aromatic carbocycles. The van der Waals surface area contributed by atoms with Crippen LogP contribution in [0.4, 0.5) is 0 Å². The molecule has 98 valence electrons. The van der Waals surface area contributed by atoms with E-state index < -0.39 is 5.60 Å². The second kappa shape index (κ2) is 4.73. The average molecular weight is 247 g/mol. The lowest BCUT2D eigenvalue weighted by molar-refractivity contribution is 0.00694. The number of rotatable bonds is 1. The van der Waals surface area contributed by atoms with E-state index in [1.165, 1.54) is 11.1 Å². The highest BCUT2D eigenvalue weighted by molar-refractivity contribution is 5.90. The Hall–Kier alpha value is -1.35. The van der Waals surface area contributed by atoms with Crippen molar-refractivity contribution < 1.29 is 9.53 Å². The van der Waals surface area contributed by atoms with Gasteiger partial charge in [0.25, 0.3) is 0 Å². The Bertz CT molecular complexity index is 460. The Balaban J connectivity index is 2.19. The normalized spacial score (nSPS) is 19.2. The van der Waals surface area contributed by atoms with E-state index >= 15 is 0 Å². The summed E-state index contributed by atoms with van der Waals surface area (Å²) in [6, 6.07) is 6.05. The van der Waals surface area contributed by atoms with Crippen LogP contribution in [0.3, 0.4) is 0 Å². The van der Waals surface area contributed by atoms with E-state index in [9.17, 15) is 4.79 Å². The van der Waals surface area contributed by atoms with Crippen LogP contribution in [0.25, 0.3) is 0 Å². The fourth-order valence-electron chi connectivity index (χ4n) is 2.25. The summed E-state index contributed by atoms with van der Waals surface area (Å²) in [6.45, 7) is 5.63. The van der Waals surface area contributed by atoms with Gasteiger partial charge in [-0.1, -0.05) is 6.07 Å². The van der Waals surface area contributed by atoms with Crippen LogP contribution < -0.4 is 5.73 Å². The molecular weight excluding hydrogens is 226 g/mol. The lowest BCUT2D eigenvalue weighted by atomic mass is 9.88. The highest BCUT2D eigenvalue weighted by Gasteiger charge is 2.20. The number of ether oxygens (including phenoxy) is 1. The van der Waals surface area contributed by atoms with Crippen LogP contribution in [-0.2, 0) is 17.6 Å². The molecule has 0 amide bonds. The molecule has 1 atom stereocenters. The van der Waals surface area contributed by atoms with Crippen LogP contribution in [0.1, 0.15) is 48.7 Å². The summed E-state index contributed by atoms with van der Waals surface area (Å²) in [5.41, 5.74) is 8.63. The smallest absolute Gasteiger partial charge is 0.338 e. The number of aryl methyl sites for hydroxylation is 1. The minimum atomic E-state index is -0.449. The molecule has 1 aromatic rings. The minimum Gasteiger partial charge on any atom is -0.456 e. The Kier molecular flexibility index (Phi) is 3.44. The van der Waals surface area contributed by atoms with Gasteiger partial charge >= 0.3 is 5.97 Å². The monoisotopic (exact) mass is 247 g/mol. The maximum absolute atomic E-state index is 12.0. The van der Waals surface area contributed by atoms with Gasteiger partial charge in [-0.2, -0.15) is 0 Å². The number of nitrogens with two attached hydrogens (primary N) is 1. The highest BCUT2D eigenvalue weighted by Crippen LogP contribution is 2.23. The van der Waals surface area contributed by atoms with Crippen LogP contribution in [0, 0.1) is 0 Å². The molecular formula is C15H21NO2. The minimum absolute atomic E-state index is 0.250. The lowest BCUT2D eigenvalue weighted by Gasteiger charge is -2.23. The molecule has 1 aliphatic carbocycles. The number of esters is 1. The summed E-state index contributed by atoms with van der Waals surface area (Å²) in [5.74, 6) is -0.250. The predicted octanol–water partition coefficient (Wildman–Crippen LogP) is 2.46. The van der Waals surface area contributed by atoms with Crippen molar-refractivity contribution in [3.8, 4) is 0 Å². The summed E-state index contributed by atoms with van der Waals surface area (Å²) in [7, 11) is 0. The van der Waals surface area contributed by atoms with Crippen molar-refractivity contribution >= 4 is 5.97 Å². The zero-order valence-corrected chi connectivity index (χ0v) is 11.3. The summed E-state index contributed by atoms with van der Waals surface area (Å²) in [4.78, 5) is 12.0. The van der Waals surface area contributed by atoms with Crippen molar-refractivity contribution in [1.29, 1.82) is 0 Å². The lowest BCUT2D eigenvalue weighted by Crippen LogP contribution is -2.28. The average Bonchev–Trinajstić information content (AvgIpc) is 2.26. The van der Waals surface area contributed by atoms with Gasteiger partial charge in [0.1, 0.15) is 5.60 Å². The maximum atomic E-state index is 12.0. The molecule has 2 N–H and O–H groups in total. The summed E-state index contributed by atoms with van der Waals surface area (Å²) in [6.07, 6.45) is 2.85. The predicted molar refractivity (Wildman–Crippen MR) is 71.6 cm³/mol. The Morgan fingerprint density at radius 1 is 1.33 bits per heavy atom. The van der Waals surface area contributed by atoms with E-state index in [4.69, 9.17) is 10.5 Å². The second-order valence-electron chi connectivity index (χ2n) is 5.99. The highest BCUT2D eigenvalue weighted by atomic mass is 16.6. The third-order valence-corrected chi connectivity index (χ3v) is 3.11. The van der Waals surface area contributed by atoms with Gasteiger partial charge < -0.3 is 10.5 Å². The quantitative estimate of drug-likeness (QED) is 0.776. The molecule has 0 aromatic heterocycles. The molecule has 0 aliphatic heterocycles. The third-order valence-electron chi connectivity index (χ3n) is 3.11. The number of benzene rings is 1. The van der Waals surface area contributed by atoms with E-state index in [-0.39, 0.29) is 12.0 Å². The number of fused-ring (bicyclic) bond motifs is 1. The molecule has 3 heteroatoms. The van der Waals surface area contributed by atoms with Gasteiger partial charge in [0.05, 0.1) is 5.56 Å². The molecule has 0 saturated heterocycles. The molecule has 0 heterocycles. The van der Waals surface area contributed by atoms with Crippen molar-refractivity contribution in [3.63, 3.8) is 0 Å². The number of hydrogen-bond donors (Lipinski definition) is 1. The standard InChI is InChI=1S/C15H21NO2/c1-15(2,3)18-14(17)12-5-4-11-9-13(16)7-6-10(11)8-12/h4-5,8,13H,6-7,9,16H2,1-3H3. The van der Waals surface area contributed by atoms with Crippen LogP contribution in [0.15, 0.2) is 18.2 Å². The largest absolute Gasteiger partial charge is 0.456 e. The first-order valence-electron chi connectivity index (χ1n) is 6.46. The molecule has 0 fully saturated rings. The molecule has 18 heavy (non-hydrogen) atoms. The molecule has 0 saturated carbocycles. The van der Waals surface area contributed by atoms with Crippen molar-refractivity contribution in [2.45, 2.75) is 51.7 Å². The van der Waals surface area contributed by atoms with E-state index in [2.05, 4.69) is 0 Å². The Labute approximate surface area is 108 Å². The summed E-state index contributed by atoms with van der Waals surface area (Å²) in [5, 5.41) is 0. The van der Waals surface area contributed by atoms with Crippen LogP contribution >= 0.6 is 0 Å². The first-order valence-corrected chi connectivity index (χ1v) is 6.46. The van der Waals surface area contributed by atoms with Crippen molar-refractivity contribution in [3.05, 3.63) is 34.9 Å². The fraction of sp³-hybridized carbons (Fsp3) is 0.533. The van der Waals surface area contributed by atoms with Crippen molar-refractivity contribution in [2.24, 2.45) is 5.73 Å². The van der Waals surface area contributed by atoms with Gasteiger partial charge in [0, 0.05) is 6.04 Å². The van der Waals surface area contributed by atoms with Gasteiger partial charge in [-0.3, -0.25) is 0 Å². The van der Waals surface area contributed by atoms with Crippen LogP contribution in [0.2, 0.25) is 0 Å². The number of carbonyl (C=O) groups is 1. The Morgan fingerprint density at radius 2 is 2.06 bits per heavy atom. The molecule has 0 bridgehead atoms. The van der Waals surface area contributed by atoms with Crippen LogP contribution in [0.5, 0.6) is 0 Å². The SMILES string of the molecule is CC(C)(C)OC(=O)c1ccc2c(c1)CCC(N)C2. The fourth-order valence-corrected chi connectivity index (χ4v) is 2.25. The summed E-state index contributed by atoms with van der Waals surface area (Å²) >= 11 is 0. The van der Waals surface area contributed by atoms with E-state index in [1.54, 1.807) is 0 Å². The van der Waals surface area contributed by atoms with Crippen molar-refractivity contribution in [2.75, 3.05) is 0 Å². The van der Waals surface area contributed by atoms with E-state index in [1.807, 2.05) is 39.0 Å². The van der Waals surface area contributed by atoms with Crippen LogP contribution in [-0.4, -0.2) is 17.6 Å². The zero-order valence-electron chi connectivity index (χ0n) is 11.3. The number of hydrogen-bond acceptors (Lipinski definition) is 3. The molecule has 1 aliphatic rings. The first kappa shape index (κ1) is 13.1. The zero-order chi connectivity index (χ0) is 13.3. The second-order valence-corrected chi connectivity index (χ2v) is 5.99.